The lowest BCUT2D eigenvalue weighted by Gasteiger charge is -2.11. The van der Waals surface area contributed by atoms with Crippen LogP contribution in [0.2, 0.25) is 0 Å². The molecule has 7 aromatic rings. The van der Waals surface area contributed by atoms with Gasteiger partial charge in [0.1, 0.15) is 49.4 Å². The smallest absolute Gasteiger partial charge is 0.419 e. The molecule has 0 saturated heterocycles. The van der Waals surface area contributed by atoms with Crippen LogP contribution in [0.4, 0.5) is 9.59 Å². The number of pyridine rings is 1. The van der Waals surface area contributed by atoms with Crippen molar-refractivity contribution in [2.24, 2.45) is 0 Å². The van der Waals surface area contributed by atoms with Crippen LogP contribution in [0, 0.1) is 0 Å². The Kier molecular flexibility index (Phi) is 12.6. The molecule has 0 atom stereocenters. The van der Waals surface area contributed by atoms with Crippen molar-refractivity contribution in [2.45, 2.75) is 0 Å². The number of rotatable bonds is 18. The topological polar surface area (TPSA) is 149 Å². The number of nitrogens with zero attached hydrogens (tertiary/aromatic N) is 3. The van der Waals surface area contributed by atoms with Crippen molar-refractivity contribution in [3.63, 3.8) is 0 Å². The first-order valence-electron chi connectivity index (χ1n) is 18.5. The summed E-state index contributed by atoms with van der Waals surface area (Å²) in [5.41, 5.74) is 2.76. The van der Waals surface area contributed by atoms with Crippen LogP contribution in [-0.4, -0.2) is 108 Å². The van der Waals surface area contributed by atoms with Gasteiger partial charge in [0.05, 0.1) is 76.9 Å². The molecule has 0 aliphatic heterocycles. The van der Waals surface area contributed by atoms with Crippen molar-refractivity contribution in [3.8, 4) is 34.8 Å². The normalized spacial score (nSPS) is 11.2. The Morgan fingerprint density at radius 1 is 0.448 bits per heavy atom. The van der Waals surface area contributed by atoms with Crippen molar-refractivity contribution in [2.75, 3.05) is 81.3 Å². The summed E-state index contributed by atoms with van der Waals surface area (Å²) >= 11 is 0. The fourth-order valence-corrected chi connectivity index (χ4v) is 6.54. The van der Waals surface area contributed by atoms with Crippen molar-refractivity contribution in [1.82, 2.24) is 14.1 Å². The fraction of sp³-hybridized carbons (Fsp3) is 0.279. The molecular formula is C43H43N3O12. The number of aromatic nitrogens is 3. The zero-order valence-corrected chi connectivity index (χ0v) is 32.6. The van der Waals surface area contributed by atoms with Crippen LogP contribution in [0.1, 0.15) is 0 Å². The van der Waals surface area contributed by atoms with E-state index in [1.807, 2.05) is 48.5 Å². The lowest BCUT2D eigenvalue weighted by Crippen LogP contribution is -2.18. The van der Waals surface area contributed by atoms with Crippen molar-refractivity contribution in [3.05, 3.63) is 91.0 Å². The third-order valence-corrected chi connectivity index (χ3v) is 9.28. The van der Waals surface area contributed by atoms with Crippen LogP contribution in [0.15, 0.2) is 91.0 Å². The Bertz CT molecular complexity index is 2250. The molecule has 302 valence electrons. The maximum Gasteiger partial charge on any atom is 0.419 e. The van der Waals surface area contributed by atoms with Crippen LogP contribution in [-0.2, 0) is 18.9 Å². The predicted octanol–water partition coefficient (Wildman–Crippen LogP) is 7.49. The van der Waals surface area contributed by atoms with Crippen molar-refractivity contribution in [1.29, 1.82) is 0 Å². The van der Waals surface area contributed by atoms with E-state index in [0.29, 0.717) is 56.8 Å². The number of benzene rings is 4. The van der Waals surface area contributed by atoms with Gasteiger partial charge in [0, 0.05) is 33.7 Å². The number of hydrogen-bond donors (Lipinski definition) is 0. The SMILES string of the molecule is COc1ccc2c(c1)c1cc(OC)ccc1n2C(=O)OCCOCCOc1cccc(OCCOCCOC(=O)n2c3ccc(OC)cc3c3cc(OC)ccc32)n1. The molecule has 3 heterocycles. The number of carbonyl (C=O) groups excluding carboxylic acids is 2. The standard InChI is InChI=1S/C43H43N3O12/c1-49-28-8-12-36-32(24-28)33-25-29(50-2)9-13-37(33)45(36)42(47)57-22-18-53-16-20-55-40-6-5-7-41(44-40)56-21-17-54-19-23-58-43(48)46-38-14-10-30(51-3)26-34(38)35-27-31(52-4)11-15-39(35)46/h5-15,24-27H,16-23H2,1-4H3. The van der Waals surface area contributed by atoms with Crippen LogP contribution in [0.5, 0.6) is 34.8 Å². The average Bonchev–Trinajstić information content (AvgIpc) is 3.76. The van der Waals surface area contributed by atoms with Gasteiger partial charge in [-0.05, 0) is 72.8 Å². The number of carbonyl (C=O) groups is 2. The molecule has 15 nitrogen and oxygen atoms in total. The summed E-state index contributed by atoms with van der Waals surface area (Å²) in [6, 6.07) is 27.2. The van der Waals surface area contributed by atoms with E-state index in [-0.39, 0.29) is 52.9 Å². The van der Waals surface area contributed by atoms with Crippen LogP contribution < -0.4 is 28.4 Å². The van der Waals surface area contributed by atoms with Gasteiger partial charge in [-0.1, -0.05) is 6.07 Å². The summed E-state index contributed by atoms with van der Waals surface area (Å²) < 4.78 is 58.5. The molecule has 0 spiro atoms. The number of methoxy groups -OCH3 is 4. The lowest BCUT2D eigenvalue weighted by molar-refractivity contribution is 0.0561. The van der Waals surface area contributed by atoms with Crippen LogP contribution in [0.3, 0.4) is 0 Å². The van der Waals surface area contributed by atoms with Gasteiger partial charge < -0.3 is 47.4 Å². The molecular weight excluding hydrogens is 750 g/mol. The Morgan fingerprint density at radius 3 is 1.10 bits per heavy atom. The highest BCUT2D eigenvalue weighted by Gasteiger charge is 2.20. The molecule has 7 rings (SSSR count). The molecule has 0 N–H and O–H groups in total. The van der Waals surface area contributed by atoms with Gasteiger partial charge in [-0.15, -0.1) is 0 Å². The second-order valence-corrected chi connectivity index (χ2v) is 12.7. The molecule has 4 aromatic carbocycles. The predicted molar refractivity (Wildman–Crippen MR) is 215 cm³/mol. The number of hydrogen-bond acceptors (Lipinski definition) is 13. The zero-order chi connectivity index (χ0) is 40.4. The summed E-state index contributed by atoms with van der Waals surface area (Å²) in [6.45, 7) is 1.39. The molecule has 3 aromatic heterocycles. The van der Waals surface area contributed by atoms with Crippen molar-refractivity contribution < 1.29 is 57.0 Å². The minimum Gasteiger partial charge on any atom is -0.497 e. The monoisotopic (exact) mass is 793 g/mol. The molecule has 0 bridgehead atoms. The fourth-order valence-electron chi connectivity index (χ4n) is 6.54. The first kappa shape index (κ1) is 39.5. The maximum absolute atomic E-state index is 13.2. The molecule has 0 radical (unpaired) electrons. The average molecular weight is 794 g/mol. The molecule has 0 unspecified atom stereocenters. The summed E-state index contributed by atoms with van der Waals surface area (Å²) in [6.07, 6.45) is -1.05. The summed E-state index contributed by atoms with van der Waals surface area (Å²) in [5.74, 6) is 3.43. The molecule has 58 heavy (non-hydrogen) atoms. The van der Waals surface area contributed by atoms with E-state index in [1.165, 1.54) is 9.13 Å². The molecule has 0 aliphatic carbocycles. The van der Waals surface area contributed by atoms with E-state index in [1.54, 1.807) is 70.9 Å². The molecule has 15 heteroatoms. The van der Waals surface area contributed by atoms with E-state index in [0.717, 1.165) is 21.5 Å². The highest BCUT2D eigenvalue weighted by molar-refractivity contribution is 6.14. The Hall–Kier alpha value is -6.71. The largest absolute Gasteiger partial charge is 0.497 e. The van der Waals surface area contributed by atoms with Gasteiger partial charge in [-0.2, -0.15) is 4.98 Å². The molecule has 0 amide bonds. The van der Waals surface area contributed by atoms with E-state index in [4.69, 9.17) is 47.4 Å². The van der Waals surface area contributed by atoms with Crippen LogP contribution >= 0.6 is 0 Å². The molecule has 0 aliphatic rings. The number of fused-ring (bicyclic) bond motifs is 6. The van der Waals surface area contributed by atoms with Gasteiger partial charge in [-0.25, -0.2) is 18.7 Å². The quantitative estimate of drug-likeness (QED) is 0.0791. The van der Waals surface area contributed by atoms with E-state index < -0.39 is 12.2 Å². The van der Waals surface area contributed by atoms with Crippen LogP contribution in [0.25, 0.3) is 43.6 Å². The van der Waals surface area contributed by atoms with E-state index >= 15 is 0 Å². The first-order valence-corrected chi connectivity index (χ1v) is 18.5. The molecule has 0 saturated carbocycles. The van der Waals surface area contributed by atoms with Gasteiger partial charge in [-0.3, -0.25) is 0 Å². The third kappa shape index (κ3) is 8.65. The second-order valence-electron chi connectivity index (χ2n) is 12.7. The maximum atomic E-state index is 13.2. The minimum absolute atomic E-state index is 0.0475. The summed E-state index contributed by atoms with van der Waals surface area (Å²) in [4.78, 5) is 30.8. The van der Waals surface area contributed by atoms with E-state index in [2.05, 4.69) is 4.98 Å². The Balaban J connectivity index is 0.801. The number of ether oxygens (including phenoxy) is 10. The third-order valence-electron chi connectivity index (χ3n) is 9.28. The van der Waals surface area contributed by atoms with Gasteiger partial charge in [0.15, 0.2) is 0 Å². The van der Waals surface area contributed by atoms with Gasteiger partial charge in [0.2, 0.25) is 11.8 Å². The Labute approximate surface area is 333 Å². The second kappa shape index (κ2) is 18.5. The van der Waals surface area contributed by atoms with Gasteiger partial charge >= 0.3 is 12.2 Å². The van der Waals surface area contributed by atoms with Gasteiger partial charge in [0.25, 0.3) is 0 Å². The highest BCUT2D eigenvalue weighted by atomic mass is 16.6. The summed E-state index contributed by atoms with van der Waals surface area (Å²) in [5, 5.41) is 3.36. The Morgan fingerprint density at radius 2 is 0.776 bits per heavy atom. The lowest BCUT2D eigenvalue weighted by atomic mass is 10.1. The molecule has 0 fully saturated rings. The van der Waals surface area contributed by atoms with Crippen molar-refractivity contribution >= 4 is 55.8 Å². The highest BCUT2D eigenvalue weighted by Crippen LogP contribution is 2.35. The first-order chi connectivity index (χ1) is 28.4. The van der Waals surface area contributed by atoms with E-state index in [9.17, 15) is 9.59 Å². The zero-order valence-electron chi connectivity index (χ0n) is 32.6. The minimum atomic E-state index is -0.524. The summed E-state index contributed by atoms with van der Waals surface area (Å²) in [7, 11) is 6.39.